The lowest BCUT2D eigenvalue weighted by atomic mass is 10.2. The van der Waals surface area contributed by atoms with Crippen LogP contribution in [0, 0.1) is 0 Å². The van der Waals surface area contributed by atoms with Gasteiger partial charge in [0.15, 0.2) is 0 Å². The van der Waals surface area contributed by atoms with Crippen LogP contribution in [0.15, 0.2) is 42.2 Å². The number of aryl methyl sites for hydroxylation is 1. The molecular weight excluding hydrogens is 322 g/mol. The Morgan fingerprint density at radius 3 is 2.96 bits per heavy atom. The van der Waals surface area contributed by atoms with E-state index in [2.05, 4.69) is 20.3 Å². The zero-order chi connectivity index (χ0) is 16.9. The van der Waals surface area contributed by atoms with Crippen LogP contribution in [-0.2, 0) is 17.8 Å². The molecule has 6 nitrogen and oxygen atoms in total. The lowest BCUT2D eigenvalue weighted by Gasteiger charge is -2.14. The third-order valence-electron chi connectivity index (χ3n) is 3.63. The highest BCUT2D eigenvalue weighted by molar-refractivity contribution is 7.13. The molecule has 3 rings (SSSR count). The van der Waals surface area contributed by atoms with Crippen LogP contribution < -0.4 is 5.32 Å². The van der Waals surface area contributed by atoms with E-state index in [1.54, 1.807) is 12.4 Å². The first-order valence-corrected chi connectivity index (χ1v) is 8.71. The minimum Gasteiger partial charge on any atom is -0.346 e. The van der Waals surface area contributed by atoms with Gasteiger partial charge in [0, 0.05) is 30.5 Å². The molecule has 1 amide bonds. The summed E-state index contributed by atoms with van der Waals surface area (Å²) in [6, 6.07) is 5.57. The molecule has 3 heterocycles. The number of thiazole rings is 1. The van der Waals surface area contributed by atoms with Gasteiger partial charge in [0.1, 0.15) is 10.8 Å². The molecular formula is C17H19N5OS. The van der Waals surface area contributed by atoms with E-state index in [9.17, 15) is 4.79 Å². The van der Waals surface area contributed by atoms with Crippen molar-refractivity contribution in [2.24, 2.45) is 0 Å². The molecule has 0 radical (unpaired) electrons. The number of amides is 1. The second-order valence-corrected chi connectivity index (χ2v) is 6.25. The second kappa shape index (κ2) is 7.35. The van der Waals surface area contributed by atoms with Crippen LogP contribution in [0.25, 0.3) is 10.7 Å². The summed E-state index contributed by atoms with van der Waals surface area (Å²) in [6.07, 6.45) is 5.65. The van der Waals surface area contributed by atoms with Crippen molar-refractivity contribution in [2.75, 3.05) is 0 Å². The monoisotopic (exact) mass is 341 g/mol. The van der Waals surface area contributed by atoms with E-state index in [0.717, 1.165) is 28.8 Å². The number of carbonyl (C=O) groups excluding carboxylic acids is 1. The number of imidazole rings is 1. The average molecular weight is 341 g/mol. The Bertz CT molecular complexity index is 811. The Kier molecular flexibility index (Phi) is 5.00. The fourth-order valence-corrected chi connectivity index (χ4v) is 3.28. The van der Waals surface area contributed by atoms with Gasteiger partial charge in [-0.25, -0.2) is 9.97 Å². The van der Waals surface area contributed by atoms with Gasteiger partial charge in [0.25, 0.3) is 0 Å². The maximum absolute atomic E-state index is 12.3. The minimum atomic E-state index is -0.138. The topological polar surface area (TPSA) is 72.7 Å². The first-order chi connectivity index (χ1) is 11.7. The summed E-state index contributed by atoms with van der Waals surface area (Å²) < 4.78 is 2.02. The Balaban J connectivity index is 1.62. The number of hydrogen-bond acceptors (Lipinski definition) is 5. The molecule has 0 unspecified atom stereocenters. The van der Waals surface area contributed by atoms with Gasteiger partial charge in [-0.05, 0) is 26.0 Å². The summed E-state index contributed by atoms with van der Waals surface area (Å²) in [4.78, 5) is 25.4. The highest BCUT2D eigenvalue weighted by atomic mass is 32.1. The van der Waals surface area contributed by atoms with Gasteiger partial charge in [-0.3, -0.25) is 9.78 Å². The molecule has 0 aliphatic carbocycles. The Labute approximate surface area is 144 Å². The van der Waals surface area contributed by atoms with Gasteiger partial charge >= 0.3 is 0 Å². The lowest BCUT2D eigenvalue weighted by Crippen LogP contribution is -2.30. The van der Waals surface area contributed by atoms with Crippen molar-refractivity contribution in [1.82, 2.24) is 24.8 Å². The molecule has 7 heteroatoms. The molecule has 3 aromatic heterocycles. The van der Waals surface area contributed by atoms with Crippen LogP contribution in [0.1, 0.15) is 31.4 Å². The fourth-order valence-electron chi connectivity index (χ4n) is 2.49. The van der Waals surface area contributed by atoms with Gasteiger partial charge in [0.05, 0.1) is 23.9 Å². The normalized spacial score (nSPS) is 12.1. The maximum Gasteiger partial charge on any atom is 0.226 e. The number of nitrogens with one attached hydrogen (secondary N) is 1. The van der Waals surface area contributed by atoms with Gasteiger partial charge in [-0.2, -0.15) is 0 Å². The van der Waals surface area contributed by atoms with Crippen molar-refractivity contribution in [3.8, 4) is 10.7 Å². The Morgan fingerprint density at radius 1 is 1.33 bits per heavy atom. The van der Waals surface area contributed by atoms with E-state index in [1.165, 1.54) is 11.3 Å². The fraction of sp³-hybridized carbons (Fsp3) is 0.294. The number of carbonyl (C=O) groups is 1. The van der Waals surface area contributed by atoms with Crippen molar-refractivity contribution in [3.05, 3.63) is 53.7 Å². The molecule has 24 heavy (non-hydrogen) atoms. The number of rotatable bonds is 6. The van der Waals surface area contributed by atoms with Gasteiger partial charge in [-0.1, -0.05) is 6.07 Å². The summed E-state index contributed by atoms with van der Waals surface area (Å²) in [5.41, 5.74) is 1.58. The van der Waals surface area contributed by atoms with Crippen molar-refractivity contribution in [2.45, 2.75) is 32.9 Å². The second-order valence-electron chi connectivity index (χ2n) is 5.40. The van der Waals surface area contributed by atoms with E-state index >= 15 is 0 Å². The number of aromatic nitrogens is 4. The van der Waals surface area contributed by atoms with Crippen LogP contribution in [0.4, 0.5) is 0 Å². The van der Waals surface area contributed by atoms with Crippen LogP contribution in [-0.4, -0.2) is 25.4 Å². The third-order valence-corrected chi connectivity index (χ3v) is 4.54. The summed E-state index contributed by atoms with van der Waals surface area (Å²) in [5.74, 6) is 0.796. The highest BCUT2D eigenvalue weighted by Gasteiger charge is 2.15. The number of hydrogen-bond donors (Lipinski definition) is 1. The van der Waals surface area contributed by atoms with Gasteiger partial charge in [0.2, 0.25) is 5.91 Å². The molecule has 0 aliphatic rings. The van der Waals surface area contributed by atoms with E-state index in [1.807, 2.05) is 48.2 Å². The van der Waals surface area contributed by atoms with Crippen LogP contribution in [0.5, 0.6) is 0 Å². The van der Waals surface area contributed by atoms with Gasteiger partial charge in [-0.15, -0.1) is 11.3 Å². The summed E-state index contributed by atoms with van der Waals surface area (Å²) in [6.45, 7) is 4.82. The van der Waals surface area contributed by atoms with Crippen LogP contribution >= 0.6 is 11.3 Å². The average Bonchev–Trinajstić information content (AvgIpc) is 3.24. The van der Waals surface area contributed by atoms with Gasteiger partial charge < -0.3 is 9.88 Å². The molecule has 0 spiro atoms. The van der Waals surface area contributed by atoms with Crippen LogP contribution in [0.3, 0.4) is 0 Å². The molecule has 0 bridgehead atoms. The standard InChI is InChI=1S/C17H19N5OS/c1-3-22-9-8-19-16(22)12(2)20-15(23)10-13-11-24-17(21-13)14-6-4-5-7-18-14/h4-9,11-12H,3,10H2,1-2H3,(H,20,23)/t12-/m1/s1. The quantitative estimate of drug-likeness (QED) is 0.748. The zero-order valence-electron chi connectivity index (χ0n) is 13.6. The molecule has 0 saturated carbocycles. The van der Waals surface area contributed by atoms with E-state index < -0.39 is 0 Å². The van der Waals surface area contributed by atoms with Crippen LogP contribution in [0.2, 0.25) is 0 Å². The molecule has 0 saturated heterocycles. The third kappa shape index (κ3) is 3.68. The molecule has 0 aromatic carbocycles. The molecule has 3 aromatic rings. The van der Waals surface area contributed by atoms with Crippen molar-refractivity contribution < 1.29 is 4.79 Å². The van der Waals surface area contributed by atoms with E-state index in [4.69, 9.17) is 0 Å². The van der Waals surface area contributed by atoms with Crippen molar-refractivity contribution in [3.63, 3.8) is 0 Å². The van der Waals surface area contributed by atoms with E-state index in [-0.39, 0.29) is 18.4 Å². The maximum atomic E-state index is 12.3. The largest absolute Gasteiger partial charge is 0.346 e. The Morgan fingerprint density at radius 2 is 2.21 bits per heavy atom. The van der Waals surface area contributed by atoms with Crippen molar-refractivity contribution in [1.29, 1.82) is 0 Å². The highest BCUT2D eigenvalue weighted by Crippen LogP contribution is 2.21. The zero-order valence-corrected chi connectivity index (χ0v) is 14.5. The summed E-state index contributed by atoms with van der Waals surface area (Å²) in [7, 11) is 0. The first kappa shape index (κ1) is 16.3. The molecule has 0 aliphatic heterocycles. The SMILES string of the molecule is CCn1ccnc1[C@@H](C)NC(=O)Cc1csc(-c2ccccn2)n1. The van der Waals surface area contributed by atoms with E-state index in [0.29, 0.717) is 0 Å². The smallest absolute Gasteiger partial charge is 0.226 e. The summed E-state index contributed by atoms with van der Waals surface area (Å²) >= 11 is 1.50. The molecule has 1 N–H and O–H groups in total. The predicted octanol–water partition coefficient (Wildman–Crippen LogP) is 2.84. The number of nitrogens with zero attached hydrogens (tertiary/aromatic N) is 4. The summed E-state index contributed by atoms with van der Waals surface area (Å²) in [5, 5.41) is 5.71. The lowest BCUT2D eigenvalue weighted by molar-refractivity contribution is -0.121. The molecule has 124 valence electrons. The first-order valence-electron chi connectivity index (χ1n) is 7.83. The molecule has 0 fully saturated rings. The molecule has 1 atom stereocenters. The number of pyridine rings is 1. The Hall–Kier alpha value is -2.54. The predicted molar refractivity (Wildman–Crippen MR) is 93.5 cm³/mol. The minimum absolute atomic E-state index is 0.0639. The van der Waals surface area contributed by atoms with Crippen molar-refractivity contribution >= 4 is 17.2 Å².